The second-order valence-electron chi connectivity index (χ2n) is 5.05. The third kappa shape index (κ3) is 4.62. The number of carboxylic acids is 1. The van der Waals surface area contributed by atoms with E-state index in [1.54, 1.807) is 0 Å². The van der Waals surface area contributed by atoms with Gasteiger partial charge >= 0.3 is 18.3 Å². The van der Waals surface area contributed by atoms with Gasteiger partial charge in [0.1, 0.15) is 0 Å². The van der Waals surface area contributed by atoms with Gasteiger partial charge in [-0.2, -0.15) is 26.3 Å². The van der Waals surface area contributed by atoms with Crippen LogP contribution < -0.4 is 0 Å². The normalized spacial score (nSPS) is 12.6. The topological polar surface area (TPSA) is 37.3 Å². The molecule has 0 spiro atoms. The maximum atomic E-state index is 13.3. The molecule has 0 aliphatic rings. The van der Waals surface area contributed by atoms with Crippen molar-refractivity contribution in [3.8, 4) is 11.1 Å². The highest BCUT2D eigenvalue weighted by molar-refractivity contribution is 5.85. The highest BCUT2D eigenvalue weighted by Crippen LogP contribution is 2.39. The molecule has 0 saturated carbocycles. The summed E-state index contributed by atoms with van der Waals surface area (Å²) >= 11 is 0. The van der Waals surface area contributed by atoms with E-state index in [1.807, 2.05) is 0 Å². The third-order valence-corrected chi connectivity index (χ3v) is 3.27. The van der Waals surface area contributed by atoms with E-state index < -0.39 is 35.0 Å². The summed E-state index contributed by atoms with van der Waals surface area (Å²) in [5.41, 5.74) is -2.92. The third-order valence-electron chi connectivity index (χ3n) is 3.27. The van der Waals surface area contributed by atoms with E-state index in [4.69, 9.17) is 5.11 Å². The summed E-state index contributed by atoms with van der Waals surface area (Å²) in [5, 5.41) is 8.53. The summed E-state index contributed by atoms with van der Waals surface area (Å²) in [5.74, 6) is -1.34. The molecule has 2 rings (SSSR count). The Morgan fingerprint density at radius 1 is 0.920 bits per heavy atom. The van der Waals surface area contributed by atoms with Gasteiger partial charge in [0.25, 0.3) is 0 Å². The Kier molecular flexibility index (Phi) is 4.92. The van der Waals surface area contributed by atoms with Gasteiger partial charge < -0.3 is 5.11 Å². The van der Waals surface area contributed by atoms with Gasteiger partial charge in [0.15, 0.2) is 0 Å². The summed E-state index contributed by atoms with van der Waals surface area (Å²) in [4.78, 5) is 10.5. The lowest BCUT2D eigenvalue weighted by molar-refractivity contribution is -0.137. The lowest BCUT2D eigenvalue weighted by atomic mass is 9.95. The molecule has 0 bridgehead atoms. The lowest BCUT2D eigenvalue weighted by Gasteiger charge is -2.15. The fourth-order valence-electron chi connectivity index (χ4n) is 2.18. The summed E-state index contributed by atoms with van der Waals surface area (Å²) < 4.78 is 78.2. The SMILES string of the molecule is O=C(O)/C=C/c1ccc(-c2cccc(C(F)(F)F)c2)c(C(F)(F)F)c1. The van der Waals surface area contributed by atoms with Gasteiger partial charge in [-0.3, -0.25) is 0 Å². The van der Waals surface area contributed by atoms with Crippen molar-refractivity contribution in [3.63, 3.8) is 0 Å². The van der Waals surface area contributed by atoms with Gasteiger partial charge in [0.2, 0.25) is 0 Å². The zero-order valence-corrected chi connectivity index (χ0v) is 12.3. The average Bonchev–Trinajstić information content (AvgIpc) is 2.51. The first-order chi connectivity index (χ1) is 11.5. The van der Waals surface area contributed by atoms with E-state index in [9.17, 15) is 31.1 Å². The van der Waals surface area contributed by atoms with Crippen molar-refractivity contribution in [1.29, 1.82) is 0 Å². The summed E-state index contributed by atoms with van der Waals surface area (Å²) in [7, 11) is 0. The molecule has 0 fully saturated rings. The number of aliphatic carboxylic acids is 1. The van der Waals surface area contributed by atoms with Gasteiger partial charge in [-0.05, 0) is 41.0 Å². The molecule has 0 unspecified atom stereocenters. The van der Waals surface area contributed by atoms with Crippen LogP contribution in [-0.4, -0.2) is 11.1 Å². The predicted molar refractivity (Wildman–Crippen MR) is 78.6 cm³/mol. The van der Waals surface area contributed by atoms with Gasteiger partial charge in [0, 0.05) is 6.08 Å². The van der Waals surface area contributed by atoms with Crippen molar-refractivity contribution in [2.75, 3.05) is 0 Å². The summed E-state index contributed by atoms with van der Waals surface area (Å²) in [6.45, 7) is 0. The van der Waals surface area contributed by atoms with Crippen LogP contribution in [0.25, 0.3) is 17.2 Å². The van der Waals surface area contributed by atoms with E-state index in [-0.39, 0.29) is 11.1 Å². The van der Waals surface area contributed by atoms with E-state index in [0.29, 0.717) is 18.2 Å². The Hall–Kier alpha value is -2.77. The molecule has 25 heavy (non-hydrogen) atoms. The van der Waals surface area contributed by atoms with Gasteiger partial charge in [-0.1, -0.05) is 24.3 Å². The molecule has 0 aliphatic carbocycles. The maximum Gasteiger partial charge on any atom is 0.417 e. The molecule has 0 aromatic heterocycles. The maximum absolute atomic E-state index is 13.3. The molecule has 2 aromatic rings. The fraction of sp³-hybridized carbons (Fsp3) is 0.118. The highest BCUT2D eigenvalue weighted by Gasteiger charge is 2.35. The Bertz CT molecular complexity index is 819. The molecule has 132 valence electrons. The van der Waals surface area contributed by atoms with Crippen LogP contribution in [0.2, 0.25) is 0 Å². The van der Waals surface area contributed by atoms with Crippen LogP contribution in [0.5, 0.6) is 0 Å². The number of hydrogen-bond acceptors (Lipinski definition) is 1. The number of benzene rings is 2. The Balaban J connectivity index is 2.60. The first-order valence-corrected chi connectivity index (χ1v) is 6.78. The van der Waals surface area contributed by atoms with Crippen molar-refractivity contribution >= 4 is 12.0 Å². The first kappa shape index (κ1) is 18.6. The molecule has 0 heterocycles. The van der Waals surface area contributed by atoms with Crippen molar-refractivity contribution in [2.45, 2.75) is 12.4 Å². The highest BCUT2D eigenvalue weighted by atomic mass is 19.4. The van der Waals surface area contributed by atoms with Crippen molar-refractivity contribution in [3.05, 3.63) is 65.2 Å². The van der Waals surface area contributed by atoms with Crippen molar-refractivity contribution in [2.24, 2.45) is 0 Å². The summed E-state index contributed by atoms with van der Waals surface area (Å²) in [6, 6.07) is 6.47. The molecule has 0 amide bonds. The number of halogens is 6. The zero-order valence-electron chi connectivity index (χ0n) is 12.3. The van der Waals surface area contributed by atoms with Crippen LogP contribution in [0.3, 0.4) is 0 Å². The van der Waals surface area contributed by atoms with E-state index >= 15 is 0 Å². The minimum Gasteiger partial charge on any atom is -0.478 e. The number of carbonyl (C=O) groups is 1. The molecular formula is C17H10F6O2. The number of alkyl halides is 6. The monoisotopic (exact) mass is 360 g/mol. The van der Waals surface area contributed by atoms with E-state index in [2.05, 4.69) is 0 Å². The second kappa shape index (κ2) is 6.62. The Morgan fingerprint density at radius 2 is 1.60 bits per heavy atom. The van der Waals surface area contributed by atoms with E-state index in [0.717, 1.165) is 30.3 Å². The van der Waals surface area contributed by atoms with Crippen LogP contribution in [0.15, 0.2) is 48.5 Å². The van der Waals surface area contributed by atoms with Crippen LogP contribution in [0.1, 0.15) is 16.7 Å². The van der Waals surface area contributed by atoms with Gasteiger partial charge in [-0.15, -0.1) is 0 Å². The minimum atomic E-state index is -4.82. The number of hydrogen-bond donors (Lipinski definition) is 1. The standard InChI is InChI=1S/C17H10F6O2/c18-16(19,20)12-3-1-2-11(9-12)13-6-4-10(5-7-15(24)25)8-14(13)17(21,22)23/h1-9H,(H,24,25)/b7-5+. The van der Waals surface area contributed by atoms with Crippen molar-refractivity contribution < 1.29 is 36.2 Å². The van der Waals surface area contributed by atoms with Crippen molar-refractivity contribution in [1.82, 2.24) is 0 Å². The van der Waals surface area contributed by atoms with Gasteiger partial charge in [-0.25, -0.2) is 4.79 Å². The van der Waals surface area contributed by atoms with Crippen LogP contribution in [0.4, 0.5) is 26.3 Å². The first-order valence-electron chi connectivity index (χ1n) is 6.78. The largest absolute Gasteiger partial charge is 0.478 e. The molecule has 8 heteroatoms. The Morgan fingerprint density at radius 3 is 2.16 bits per heavy atom. The number of rotatable bonds is 3. The quantitative estimate of drug-likeness (QED) is 0.581. The molecule has 2 aromatic carbocycles. The lowest BCUT2D eigenvalue weighted by Crippen LogP contribution is -2.09. The molecule has 0 saturated heterocycles. The van der Waals surface area contributed by atoms with E-state index in [1.165, 1.54) is 6.07 Å². The molecule has 0 aliphatic heterocycles. The predicted octanol–water partition coefficient (Wildman–Crippen LogP) is 5.49. The zero-order chi connectivity index (χ0) is 18.8. The molecular weight excluding hydrogens is 350 g/mol. The van der Waals surface area contributed by atoms with Crippen LogP contribution in [0, 0.1) is 0 Å². The average molecular weight is 360 g/mol. The van der Waals surface area contributed by atoms with Crippen LogP contribution in [-0.2, 0) is 17.1 Å². The Labute approximate surface area is 138 Å². The van der Waals surface area contributed by atoms with Gasteiger partial charge in [0.05, 0.1) is 11.1 Å². The second-order valence-corrected chi connectivity index (χ2v) is 5.05. The molecule has 2 nitrogen and oxygen atoms in total. The van der Waals surface area contributed by atoms with Crippen LogP contribution >= 0.6 is 0 Å². The molecule has 1 N–H and O–H groups in total. The smallest absolute Gasteiger partial charge is 0.417 e. The molecule has 0 atom stereocenters. The number of carboxylic acid groups (broad SMARTS) is 1. The minimum absolute atomic E-state index is 0.0366. The molecule has 0 radical (unpaired) electrons. The fourth-order valence-corrected chi connectivity index (χ4v) is 2.18. The summed E-state index contributed by atoms with van der Waals surface area (Å²) in [6.07, 6.45) is -7.87.